The van der Waals surface area contributed by atoms with Gasteiger partial charge < -0.3 is 5.32 Å². The molecule has 168 valence electrons. The Hall–Kier alpha value is -2.69. The van der Waals surface area contributed by atoms with Gasteiger partial charge >= 0.3 is 0 Å². The predicted octanol–water partition coefficient (Wildman–Crippen LogP) is 4.06. The molecule has 0 saturated carbocycles. The number of nitrogens with zero attached hydrogens (tertiary/aromatic N) is 3. The fourth-order valence-electron chi connectivity index (χ4n) is 3.62. The van der Waals surface area contributed by atoms with Gasteiger partial charge in [-0.15, -0.1) is 10.2 Å². The molecule has 0 spiro atoms. The fourth-order valence-corrected chi connectivity index (χ4v) is 6.00. The van der Waals surface area contributed by atoms with Crippen LogP contribution >= 0.6 is 11.3 Å². The summed E-state index contributed by atoms with van der Waals surface area (Å²) in [6.07, 6.45) is 2.04. The van der Waals surface area contributed by atoms with Crippen molar-refractivity contribution in [1.29, 1.82) is 0 Å². The molecule has 0 bridgehead atoms. The monoisotopic (exact) mass is 474 g/mol. The van der Waals surface area contributed by atoms with Crippen molar-refractivity contribution in [2.24, 2.45) is 0 Å². The Bertz CT molecular complexity index is 1200. The van der Waals surface area contributed by atoms with Gasteiger partial charge in [0.15, 0.2) is 0 Å². The number of piperidine rings is 1. The molecule has 1 amide bonds. The summed E-state index contributed by atoms with van der Waals surface area (Å²) < 4.78 is 41.1. The van der Waals surface area contributed by atoms with Crippen LogP contribution in [0.2, 0.25) is 0 Å². The summed E-state index contributed by atoms with van der Waals surface area (Å²) >= 11 is 1.16. The second-order valence-electron chi connectivity index (χ2n) is 7.56. The maximum atomic E-state index is 13.8. The molecular weight excluding hydrogens is 451 g/mol. The molecule has 2 heterocycles. The molecular formula is C22H23FN4O3S2. The van der Waals surface area contributed by atoms with Crippen LogP contribution in [-0.4, -0.2) is 41.9 Å². The number of nitrogens with one attached hydrogen (secondary N) is 1. The summed E-state index contributed by atoms with van der Waals surface area (Å²) in [6, 6.07) is 12.9. The van der Waals surface area contributed by atoms with Gasteiger partial charge in [0.2, 0.25) is 15.0 Å². The van der Waals surface area contributed by atoms with Crippen molar-refractivity contribution < 1.29 is 17.6 Å². The van der Waals surface area contributed by atoms with Gasteiger partial charge in [-0.25, -0.2) is 12.8 Å². The third-order valence-corrected chi connectivity index (χ3v) is 8.53. The molecule has 1 aliphatic rings. The Balaban J connectivity index is 1.39. The highest BCUT2D eigenvalue weighted by Crippen LogP contribution is 2.32. The van der Waals surface area contributed by atoms with Crippen LogP contribution in [0.25, 0.3) is 0 Å². The van der Waals surface area contributed by atoms with E-state index in [-0.39, 0.29) is 16.6 Å². The standard InChI is InChI=1S/C22H23FN4O3S2/c1-2-15-7-9-17(10-8-15)32(29,30)27-13-11-16(12-14-27)21-25-26-22(31-21)20(28)24-19-6-4-3-5-18(19)23/h3-10,16H,2,11-14H2,1H3,(H,24,28). The number of rotatable bonds is 6. The van der Waals surface area contributed by atoms with E-state index in [4.69, 9.17) is 0 Å². The van der Waals surface area contributed by atoms with E-state index in [2.05, 4.69) is 15.5 Å². The summed E-state index contributed by atoms with van der Waals surface area (Å²) in [5.41, 5.74) is 1.17. The molecule has 3 aromatic rings. The number of sulfonamides is 1. The molecule has 2 aromatic carbocycles. The first-order valence-corrected chi connectivity index (χ1v) is 12.6. The maximum absolute atomic E-state index is 13.8. The zero-order chi connectivity index (χ0) is 22.7. The smallest absolute Gasteiger partial charge is 0.286 e. The fraction of sp³-hybridized carbons (Fsp3) is 0.318. The summed E-state index contributed by atoms with van der Waals surface area (Å²) in [5, 5.41) is 11.4. The molecule has 10 heteroatoms. The normalized spacial score (nSPS) is 15.6. The van der Waals surface area contributed by atoms with Crippen molar-refractivity contribution in [3.05, 3.63) is 69.9 Å². The summed E-state index contributed by atoms with van der Waals surface area (Å²) in [6.45, 7) is 2.77. The molecule has 1 fully saturated rings. The van der Waals surface area contributed by atoms with Gasteiger partial charge in [-0.3, -0.25) is 4.79 Å². The molecule has 0 unspecified atom stereocenters. The SMILES string of the molecule is CCc1ccc(S(=O)(=O)N2CCC(c3nnc(C(=O)Nc4ccccc4F)s3)CC2)cc1. The molecule has 1 aromatic heterocycles. The minimum atomic E-state index is -3.54. The molecule has 7 nitrogen and oxygen atoms in total. The van der Waals surface area contributed by atoms with Gasteiger partial charge in [-0.05, 0) is 49.1 Å². The summed E-state index contributed by atoms with van der Waals surface area (Å²) in [5.74, 6) is -1.02. The minimum Gasteiger partial charge on any atom is -0.317 e. The molecule has 1 saturated heterocycles. The first-order valence-electron chi connectivity index (χ1n) is 10.4. The Morgan fingerprint density at radius 1 is 1.12 bits per heavy atom. The van der Waals surface area contributed by atoms with Crippen molar-refractivity contribution in [2.75, 3.05) is 18.4 Å². The number of aromatic nitrogens is 2. The van der Waals surface area contributed by atoms with Crippen LogP contribution in [-0.2, 0) is 16.4 Å². The predicted molar refractivity (Wildman–Crippen MR) is 121 cm³/mol. The Labute approximate surface area is 190 Å². The third-order valence-electron chi connectivity index (χ3n) is 5.53. The van der Waals surface area contributed by atoms with E-state index >= 15 is 0 Å². The van der Waals surface area contributed by atoms with E-state index in [0.717, 1.165) is 23.3 Å². The average Bonchev–Trinajstić information content (AvgIpc) is 3.31. The summed E-state index contributed by atoms with van der Waals surface area (Å²) in [4.78, 5) is 12.7. The molecule has 0 aliphatic carbocycles. The van der Waals surface area contributed by atoms with Crippen LogP contribution < -0.4 is 5.32 Å². The van der Waals surface area contributed by atoms with Crippen LogP contribution in [0.5, 0.6) is 0 Å². The van der Waals surface area contributed by atoms with Gasteiger partial charge in [0, 0.05) is 19.0 Å². The quantitative estimate of drug-likeness (QED) is 0.582. The van der Waals surface area contributed by atoms with E-state index in [1.165, 1.54) is 16.4 Å². The lowest BCUT2D eigenvalue weighted by molar-refractivity contribution is 0.102. The highest BCUT2D eigenvalue weighted by Gasteiger charge is 2.31. The van der Waals surface area contributed by atoms with E-state index in [1.54, 1.807) is 24.3 Å². The van der Waals surface area contributed by atoms with Crippen molar-refractivity contribution >= 4 is 33.0 Å². The van der Waals surface area contributed by atoms with Crippen LogP contribution in [0.4, 0.5) is 10.1 Å². The number of carbonyl (C=O) groups is 1. The maximum Gasteiger partial charge on any atom is 0.286 e. The van der Waals surface area contributed by atoms with Gasteiger partial charge in [0.25, 0.3) is 5.91 Å². The van der Waals surface area contributed by atoms with E-state index in [1.807, 2.05) is 19.1 Å². The number of para-hydroxylation sites is 1. The highest BCUT2D eigenvalue weighted by molar-refractivity contribution is 7.89. The molecule has 0 atom stereocenters. The minimum absolute atomic E-state index is 0.0245. The van der Waals surface area contributed by atoms with E-state index < -0.39 is 21.7 Å². The average molecular weight is 475 g/mol. The Morgan fingerprint density at radius 3 is 2.47 bits per heavy atom. The van der Waals surface area contributed by atoms with E-state index in [9.17, 15) is 17.6 Å². The second-order valence-corrected chi connectivity index (χ2v) is 10.5. The number of carbonyl (C=O) groups excluding carboxylic acids is 1. The van der Waals surface area contributed by atoms with Gasteiger partial charge in [-0.1, -0.05) is 42.5 Å². The first kappa shape index (κ1) is 22.5. The van der Waals surface area contributed by atoms with Crippen LogP contribution in [0.3, 0.4) is 0 Å². The molecule has 1 aliphatic heterocycles. The van der Waals surface area contributed by atoms with Gasteiger partial charge in [0.05, 0.1) is 10.6 Å². The Morgan fingerprint density at radius 2 is 1.81 bits per heavy atom. The Kier molecular flexibility index (Phi) is 6.63. The molecule has 4 rings (SSSR count). The summed E-state index contributed by atoms with van der Waals surface area (Å²) in [7, 11) is -3.54. The van der Waals surface area contributed by atoms with Gasteiger partial charge in [-0.2, -0.15) is 4.31 Å². The zero-order valence-electron chi connectivity index (χ0n) is 17.5. The largest absolute Gasteiger partial charge is 0.317 e. The number of hydrogen-bond donors (Lipinski definition) is 1. The van der Waals surface area contributed by atoms with E-state index in [0.29, 0.717) is 35.8 Å². The van der Waals surface area contributed by atoms with Crippen LogP contribution in [0.1, 0.15) is 46.1 Å². The van der Waals surface area contributed by atoms with Crippen molar-refractivity contribution in [3.63, 3.8) is 0 Å². The van der Waals surface area contributed by atoms with Crippen molar-refractivity contribution in [1.82, 2.24) is 14.5 Å². The number of hydrogen-bond acceptors (Lipinski definition) is 6. The first-order chi connectivity index (χ1) is 15.4. The molecule has 1 N–H and O–H groups in total. The van der Waals surface area contributed by atoms with Crippen molar-refractivity contribution in [2.45, 2.75) is 37.0 Å². The number of amides is 1. The number of aryl methyl sites for hydroxylation is 1. The van der Waals surface area contributed by atoms with Crippen LogP contribution in [0.15, 0.2) is 53.4 Å². The van der Waals surface area contributed by atoms with Crippen LogP contribution in [0, 0.1) is 5.82 Å². The second kappa shape index (κ2) is 9.43. The lowest BCUT2D eigenvalue weighted by Gasteiger charge is -2.30. The molecule has 32 heavy (non-hydrogen) atoms. The molecule has 0 radical (unpaired) electrons. The topological polar surface area (TPSA) is 92.3 Å². The lowest BCUT2D eigenvalue weighted by Crippen LogP contribution is -2.37. The number of halogens is 1. The third kappa shape index (κ3) is 4.72. The van der Waals surface area contributed by atoms with Gasteiger partial charge in [0.1, 0.15) is 10.8 Å². The number of anilines is 1. The van der Waals surface area contributed by atoms with Crippen molar-refractivity contribution in [3.8, 4) is 0 Å². The zero-order valence-corrected chi connectivity index (χ0v) is 19.1. The highest BCUT2D eigenvalue weighted by atomic mass is 32.2. The lowest BCUT2D eigenvalue weighted by atomic mass is 9.99. The number of benzene rings is 2.